The topological polar surface area (TPSA) is 12.0 Å². The van der Waals surface area contributed by atoms with Gasteiger partial charge in [-0.3, -0.25) is 0 Å². The SMILES string of the molecule is CNC(c1c(C(F)(F)F)ccc(C(F)(F)F)c1C(F)(F)F)C(C)(C)C. The summed E-state index contributed by atoms with van der Waals surface area (Å²) in [7, 11) is 1.09. The molecule has 1 N–H and O–H groups in total. The van der Waals surface area contributed by atoms with Crippen LogP contribution in [0.1, 0.15) is 49.1 Å². The molecule has 1 rings (SSSR count). The maximum atomic E-state index is 13.4. The minimum atomic E-state index is -5.62. The molecule has 0 radical (unpaired) electrons. The van der Waals surface area contributed by atoms with E-state index >= 15 is 0 Å². The van der Waals surface area contributed by atoms with Gasteiger partial charge in [0.2, 0.25) is 0 Å². The highest BCUT2D eigenvalue weighted by Crippen LogP contribution is 2.50. The Morgan fingerprint density at radius 1 is 0.720 bits per heavy atom. The molecule has 1 nitrogen and oxygen atoms in total. The second kappa shape index (κ2) is 6.37. The van der Waals surface area contributed by atoms with Gasteiger partial charge in [-0.2, -0.15) is 39.5 Å². The molecule has 0 aliphatic heterocycles. The molecule has 0 amide bonds. The Bertz CT molecular complexity index is 618. The molecule has 0 saturated carbocycles. The Labute approximate surface area is 138 Å². The summed E-state index contributed by atoms with van der Waals surface area (Å²) in [4.78, 5) is 0. The minimum Gasteiger partial charge on any atom is -0.313 e. The van der Waals surface area contributed by atoms with Crippen LogP contribution in [0.2, 0.25) is 0 Å². The third-order valence-electron chi connectivity index (χ3n) is 3.58. The Morgan fingerprint density at radius 3 is 1.40 bits per heavy atom. The van der Waals surface area contributed by atoms with Crippen molar-refractivity contribution in [3.8, 4) is 0 Å². The van der Waals surface area contributed by atoms with E-state index in [9.17, 15) is 39.5 Å². The highest BCUT2D eigenvalue weighted by molar-refractivity contribution is 5.48. The van der Waals surface area contributed by atoms with Crippen LogP contribution in [0.15, 0.2) is 12.1 Å². The maximum Gasteiger partial charge on any atom is 0.417 e. The molecule has 1 aromatic rings. The van der Waals surface area contributed by atoms with Crippen LogP contribution in [0, 0.1) is 5.41 Å². The van der Waals surface area contributed by atoms with Gasteiger partial charge < -0.3 is 5.32 Å². The number of benzene rings is 1. The number of nitrogens with one attached hydrogen (secondary N) is 1. The van der Waals surface area contributed by atoms with Gasteiger partial charge in [0, 0.05) is 6.04 Å². The van der Waals surface area contributed by atoms with Crippen molar-refractivity contribution in [2.24, 2.45) is 5.41 Å². The molecule has 1 aromatic carbocycles. The molecule has 1 unspecified atom stereocenters. The molecule has 0 spiro atoms. The van der Waals surface area contributed by atoms with Crippen molar-refractivity contribution < 1.29 is 39.5 Å². The first-order chi connectivity index (χ1) is 10.9. The first kappa shape index (κ1) is 21.6. The molecule has 0 aliphatic carbocycles. The van der Waals surface area contributed by atoms with Crippen LogP contribution in [0.25, 0.3) is 0 Å². The van der Waals surface area contributed by atoms with E-state index in [2.05, 4.69) is 5.32 Å². The fourth-order valence-corrected chi connectivity index (χ4v) is 2.72. The summed E-state index contributed by atoms with van der Waals surface area (Å²) in [6, 6.07) is -1.75. The summed E-state index contributed by atoms with van der Waals surface area (Å²) in [6.07, 6.45) is -16.3. The van der Waals surface area contributed by atoms with Crippen LogP contribution >= 0.6 is 0 Å². The van der Waals surface area contributed by atoms with E-state index in [1.165, 1.54) is 20.8 Å². The number of halogens is 9. The Hall–Kier alpha value is -1.45. The summed E-state index contributed by atoms with van der Waals surface area (Å²) in [5.74, 6) is 0. The molecule has 1 atom stereocenters. The van der Waals surface area contributed by atoms with Gasteiger partial charge in [-0.25, -0.2) is 0 Å². The van der Waals surface area contributed by atoms with E-state index in [1.54, 1.807) is 0 Å². The van der Waals surface area contributed by atoms with E-state index in [0.717, 1.165) is 7.05 Å². The van der Waals surface area contributed by atoms with Crippen molar-refractivity contribution in [3.05, 3.63) is 34.4 Å². The summed E-state index contributed by atoms with van der Waals surface area (Å²) in [5, 5.41) is 2.29. The van der Waals surface area contributed by atoms with Crippen molar-refractivity contribution >= 4 is 0 Å². The van der Waals surface area contributed by atoms with Crippen LogP contribution in [0.3, 0.4) is 0 Å². The molecular weight excluding hydrogens is 365 g/mol. The maximum absolute atomic E-state index is 13.4. The van der Waals surface area contributed by atoms with Crippen LogP contribution < -0.4 is 5.32 Å². The summed E-state index contributed by atoms with van der Waals surface area (Å²) < 4.78 is 119. The minimum absolute atomic E-state index is 0.0451. The number of alkyl halides is 9. The molecule has 0 bridgehead atoms. The summed E-state index contributed by atoms with van der Waals surface area (Å²) in [6.45, 7) is 3.98. The Balaban J connectivity index is 4.09. The van der Waals surface area contributed by atoms with Crippen molar-refractivity contribution in [2.75, 3.05) is 7.05 Å². The van der Waals surface area contributed by atoms with Crippen LogP contribution in [-0.2, 0) is 18.5 Å². The van der Waals surface area contributed by atoms with E-state index in [4.69, 9.17) is 0 Å². The zero-order chi connectivity index (χ0) is 20.0. The quantitative estimate of drug-likeness (QED) is 0.615. The first-order valence-corrected chi connectivity index (χ1v) is 6.98. The van der Waals surface area contributed by atoms with Crippen LogP contribution in [0.4, 0.5) is 39.5 Å². The van der Waals surface area contributed by atoms with Gasteiger partial charge in [-0.05, 0) is 30.2 Å². The zero-order valence-corrected chi connectivity index (χ0v) is 13.6. The molecule has 10 heteroatoms. The predicted molar refractivity (Wildman–Crippen MR) is 72.7 cm³/mol. The second-order valence-electron chi connectivity index (χ2n) is 6.53. The molecule has 144 valence electrons. The van der Waals surface area contributed by atoms with E-state index in [1.807, 2.05) is 0 Å². The molecule has 0 aliphatic rings. The number of hydrogen-bond acceptors (Lipinski definition) is 1. The van der Waals surface area contributed by atoms with Crippen LogP contribution in [0.5, 0.6) is 0 Å². The van der Waals surface area contributed by atoms with E-state index < -0.39 is 52.2 Å². The van der Waals surface area contributed by atoms with Crippen LogP contribution in [-0.4, -0.2) is 7.05 Å². The largest absolute Gasteiger partial charge is 0.417 e. The smallest absolute Gasteiger partial charge is 0.313 e. The average Bonchev–Trinajstić information content (AvgIpc) is 2.33. The molecule has 0 fully saturated rings. The zero-order valence-electron chi connectivity index (χ0n) is 13.6. The standard InChI is InChI=1S/C15H16F9N/c1-12(2,3)11(25-4)9-7(13(16,17)18)5-6-8(14(19,20)21)10(9)15(22,23)24/h5-6,11,25H,1-4H3. The van der Waals surface area contributed by atoms with Crippen molar-refractivity contribution in [1.82, 2.24) is 5.32 Å². The lowest BCUT2D eigenvalue weighted by Gasteiger charge is -2.35. The van der Waals surface area contributed by atoms with Crippen molar-refractivity contribution in [1.29, 1.82) is 0 Å². The van der Waals surface area contributed by atoms with E-state index in [-0.39, 0.29) is 12.1 Å². The Kier molecular flexibility index (Phi) is 5.50. The molecular formula is C15H16F9N. The molecule has 0 aromatic heterocycles. The van der Waals surface area contributed by atoms with E-state index in [0.29, 0.717) is 0 Å². The fraction of sp³-hybridized carbons (Fsp3) is 0.600. The highest BCUT2D eigenvalue weighted by atomic mass is 19.4. The number of hydrogen-bond donors (Lipinski definition) is 1. The summed E-state index contributed by atoms with van der Waals surface area (Å²) >= 11 is 0. The van der Waals surface area contributed by atoms with Crippen molar-refractivity contribution in [2.45, 2.75) is 45.3 Å². The van der Waals surface area contributed by atoms with Gasteiger partial charge in [0.15, 0.2) is 0 Å². The van der Waals surface area contributed by atoms with Gasteiger partial charge in [0.05, 0.1) is 16.7 Å². The molecule has 0 heterocycles. The highest BCUT2D eigenvalue weighted by Gasteiger charge is 2.50. The van der Waals surface area contributed by atoms with Gasteiger partial charge in [0.1, 0.15) is 0 Å². The lowest BCUT2D eigenvalue weighted by Crippen LogP contribution is -2.35. The predicted octanol–water partition coefficient (Wildman–Crippen LogP) is 6.05. The lowest BCUT2D eigenvalue weighted by molar-refractivity contribution is -0.164. The van der Waals surface area contributed by atoms with Gasteiger partial charge in [0.25, 0.3) is 0 Å². The third kappa shape index (κ3) is 4.59. The number of rotatable bonds is 2. The second-order valence-corrected chi connectivity index (χ2v) is 6.53. The lowest BCUT2D eigenvalue weighted by atomic mass is 9.77. The first-order valence-electron chi connectivity index (χ1n) is 6.98. The monoisotopic (exact) mass is 381 g/mol. The average molecular weight is 381 g/mol. The molecule has 0 saturated heterocycles. The summed E-state index contributed by atoms with van der Waals surface area (Å²) in [5.41, 5.74) is -8.89. The van der Waals surface area contributed by atoms with Gasteiger partial charge in [-0.15, -0.1) is 0 Å². The normalized spacial score (nSPS) is 15.4. The molecule has 25 heavy (non-hydrogen) atoms. The van der Waals surface area contributed by atoms with Gasteiger partial charge in [-0.1, -0.05) is 20.8 Å². The fourth-order valence-electron chi connectivity index (χ4n) is 2.72. The van der Waals surface area contributed by atoms with Gasteiger partial charge >= 0.3 is 18.5 Å². The third-order valence-corrected chi connectivity index (χ3v) is 3.58. The van der Waals surface area contributed by atoms with Crippen molar-refractivity contribution in [3.63, 3.8) is 0 Å². The Morgan fingerprint density at radius 2 is 1.12 bits per heavy atom.